The Hall–Kier alpha value is -1.34. The molecule has 3 saturated heterocycles. The van der Waals surface area contributed by atoms with E-state index in [4.69, 9.17) is 19.0 Å². The summed E-state index contributed by atoms with van der Waals surface area (Å²) in [6, 6.07) is 5.33. The first-order valence-corrected chi connectivity index (χ1v) is 7.36. The van der Waals surface area contributed by atoms with E-state index in [9.17, 15) is 5.11 Å². The molecular formula is C15H19NO5. The molecule has 1 aromatic carbocycles. The molecule has 0 saturated carbocycles. The van der Waals surface area contributed by atoms with Gasteiger partial charge in [-0.2, -0.15) is 0 Å². The van der Waals surface area contributed by atoms with E-state index in [0.717, 1.165) is 50.6 Å². The summed E-state index contributed by atoms with van der Waals surface area (Å²) in [5.41, 5.74) is 0.861. The molecule has 3 unspecified atom stereocenters. The molecule has 6 heteroatoms. The van der Waals surface area contributed by atoms with Crippen molar-refractivity contribution < 1.29 is 24.2 Å². The second-order valence-corrected chi connectivity index (χ2v) is 5.80. The van der Waals surface area contributed by atoms with Gasteiger partial charge in [0.05, 0.1) is 51.2 Å². The number of aromatic hydroxyl groups is 1. The van der Waals surface area contributed by atoms with Crippen molar-refractivity contribution in [2.45, 2.75) is 24.7 Å². The van der Waals surface area contributed by atoms with E-state index < -0.39 is 0 Å². The van der Waals surface area contributed by atoms with Crippen LogP contribution in [0.2, 0.25) is 0 Å². The summed E-state index contributed by atoms with van der Waals surface area (Å²) < 4.78 is 15.7. The molecule has 3 aliphatic heterocycles. The SMILES string of the molecule is Oc1ccc(ON(CC2CO2)CC2CO2)cc1CC1CO1. The van der Waals surface area contributed by atoms with Gasteiger partial charge in [0.2, 0.25) is 0 Å². The summed E-state index contributed by atoms with van der Waals surface area (Å²) in [5, 5.41) is 11.8. The van der Waals surface area contributed by atoms with Crippen LogP contribution in [0, 0.1) is 0 Å². The third-order valence-electron chi connectivity index (χ3n) is 3.75. The summed E-state index contributed by atoms with van der Waals surface area (Å²) in [6.07, 6.45) is 1.49. The zero-order valence-electron chi connectivity index (χ0n) is 11.7. The van der Waals surface area contributed by atoms with Crippen LogP contribution in [0.1, 0.15) is 5.56 Å². The molecule has 3 fully saturated rings. The van der Waals surface area contributed by atoms with Crippen molar-refractivity contribution in [3.05, 3.63) is 23.8 Å². The van der Waals surface area contributed by atoms with Gasteiger partial charge < -0.3 is 24.2 Å². The molecule has 3 aliphatic rings. The fourth-order valence-electron chi connectivity index (χ4n) is 2.31. The molecule has 0 amide bonds. The molecule has 1 N–H and O–H groups in total. The van der Waals surface area contributed by atoms with E-state index in [1.807, 2.05) is 11.1 Å². The number of ether oxygens (including phenoxy) is 3. The molecular weight excluding hydrogens is 274 g/mol. The number of hydroxylamine groups is 2. The van der Waals surface area contributed by atoms with Gasteiger partial charge in [-0.15, -0.1) is 5.06 Å². The van der Waals surface area contributed by atoms with Crippen LogP contribution in [0.5, 0.6) is 11.5 Å². The highest BCUT2D eigenvalue weighted by Gasteiger charge is 2.32. The lowest BCUT2D eigenvalue weighted by Gasteiger charge is -2.21. The van der Waals surface area contributed by atoms with E-state index in [1.165, 1.54) is 0 Å². The summed E-state index contributed by atoms with van der Waals surface area (Å²) in [4.78, 5) is 5.94. The molecule has 4 rings (SSSR count). The molecule has 21 heavy (non-hydrogen) atoms. The minimum absolute atomic E-state index is 0.238. The Morgan fingerprint density at radius 3 is 2.24 bits per heavy atom. The van der Waals surface area contributed by atoms with Crippen LogP contribution in [-0.4, -0.2) is 61.4 Å². The third-order valence-corrected chi connectivity index (χ3v) is 3.75. The molecule has 0 spiro atoms. The zero-order valence-corrected chi connectivity index (χ0v) is 11.7. The largest absolute Gasteiger partial charge is 0.508 e. The van der Waals surface area contributed by atoms with Crippen LogP contribution < -0.4 is 4.84 Å². The molecule has 0 aromatic heterocycles. The quantitative estimate of drug-likeness (QED) is 0.563. The van der Waals surface area contributed by atoms with E-state index in [1.54, 1.807) is 12.1 Å². The van der Waals surface area contributed by atoms with E-state index in [0.29, 0.717) is 5.75 Å². The van der Waals surface area contributed by atoms with Crippen molar-refractivity contribution >= 4 is 0 Å². The molecule has 0 aliphatic carbocycles. The van der Waals surface area contributed by atoms with Crippen LogP contribution in [0.15, 0.2) is 18.2 Å². The molecule has 6 nitrogen and oxygen atoms in total. The lowest BCUT2D eigenvalue weighted by Crippen LogP contribution is -2.34. The van der Waals surface area contributed by atoms with E-state index >= 15 is 0 Å². The van der Waals surface area contributed by atoms with Crippen LogP contribution >= 0.6 is 0 Å². The smallest absolute Gasteiger partial charge is 0.148 e. The Morgan fingerprint density at radius 1 is 1.05 bits per heavy atom. The van der Waals surface area contributed by atoms with Crippen molar-refractivity contribution in [2.24, 2.45) is 0 Å². The number of phenolic OH excluding ortho intramolecular Hbond substituents is 1. The zero-order chi connectivity index (χ0) is 14.2. The number of benzene rings is 1. The Kier molecular flexibility index (Phi) is 3.46. The molecule has 1 aromatic rings. The highest BCUT2D eigenvalue weighted by molar-refractivity contribution is 5.39. The molecule has 0 bridgehead atoms. The molecule has 3 atom stereocenters. The van der Waals surface area contributed by atoms with Gasteiger partial charge in [-0.05, 0) is 18.2 Å². The van der Waals surface area contributed by atoms with Crippen molar-refractivity contribution in [2.75, 3.05) is 32.9 Å². The highest BCUT2D eigenvalue weighted by atomic mass is 16.7. The van der Waals surface area contributed by atoms with E-state index in [-0.39, 0.29) is 18.3 Å². The Bertz CT molecular complexity index is 497. The maximum absolute atomic E-state index is 9.89. The fraction of sp³-hybridized carbons (Fsp3) is 0.600. The number of rotatable bonds is 8. The predicted octanol–water partition coefficient (Wildman–Crippen LogP) is 0.727. The standard InChI is InChI=1S/C15H19NO5/c17-15-2-1-11(3-10(15)4-12-7-18-12)21-16(5-13-8-19-13)6-14-9-20-14/h1-3,12-14,17H,4-9H2. The molecule has 0 radical (unpaired) electrons. The van der Waals surface area contributed by atoms with Crippen molar-refractivity contribution in [3.8, 4) is 11.5 Å². The highest BCUT2D eigenvalue weighted by Crippen LogP contribution is 2.28. The number of nitrogens with zero attached hydrogens (tertiary/aromatic N) is 1. The topological polar surface area (TPSA) is 70.3 Å². The predicted molar refractivity (Wildman–Crippen MR) is 73.2 cm³/mol. The number of hydrogen-bond acceptors (Lipinski definition) is 6. The monoisotopic (exact) mass is 293 g/mol. The minimum Gasteiger partial charge on any atom is -0.508 e. The number of epoxide rings is 3. The second kappa shape index (κ2) is 5.46. The first-order chi connectivity index (χ1) is 10.3. The fourth-order valence-corrected chi connectivity index (χ4v) is 2.31. The third kappa shape index (κ3) is 3.85. The van der Waals surface area contributed by atoms with Gasteiger partial charge in [-0.1, -0.05) is 0 Å². The van der Waals surface area contributed by atoms with Gasteiger partial charge in [0, 0.05) is 12.0 Å². The van der Waals surface area contributed by atoms with Gasteiger partial charge in [0.25, 0.3) is 0 Å². The van der Waals surface area contributed by atoms with E-state index in [2.05, 4.69) is 0 Å². The van der Waals surface area contributed by atoms with Gasteiger partial charge in [-0.25, -0.2) is 0 Å². The summed E-state index contributed by atoms with van der Waals surface area (Å²) in [5.74, 6) is 1.02. The van der Waals surface area contributed by atoms with Crippen molar-refractivity contribution in [3.63, 3.8) is 0 Å². The lowest BCUT2D eigenvalue weighted by atomic mass is 10.1. The van der Waals surface area contributed by atoms with Crippen LogP contribution in [0.25, 0.3) is 0 Å². The van der Waals surface area contributed by atoms with Crippen LogP contribution in [-0.2, 0) is 20.6 Å². The van der Waals surface area contributed by atoms with Gasteiger partial charge in [0.15, 0.2) is 0 Å². The Balaban J connectivity index is 1.42. The first kappa shape index (κ1) is 13.3. The average molecular weight is 293 g/mol. The Morgan fingerprint density at radius 2 is 1.67 bits per heavy atom. The van der Waals surface area contributed by atoms with Gasteiger partial charge >= 0.3 is 0 Å². The minimum atomic E-state index is 0.238. The number of phenols is 1. The second-order valence-electron chi connectivity index (χ2n) is 5.80. The maximum atomic E-state index is 9.89. The number of hydrogen-bond donors (Lipinski definition) is 1. The van der Waals surface area contributed by atoms with Crippen molar-refractivity contribution in [1.29, 1.82) is 0 Å². The summed E-state index contributed by atoms with van der Waals surface area (Å²) in [7, 11) is 0. The van der Waals surface area contributed by atoms with Crippen LogP contribution in [0.4, 0.5) is 0 Å². The lowest BCUT2D eigenvalue weighted by molar-refractivity contribution is -0.0667. The van der Waals surface area contributed by atoms with Crippen LogP contribution in [0.3, 0.4) is 0 Å². The molecule has 114 valence electrons. The summed E-state index contributed by atoms with van der Waals surface area (Å²) in [6.45, 7) is 3.84. The van der Waals surface area contributed by atoms with Crippen molar-refractivity contribution in [1.82, 2.24) is 5.06 Å². The van der Waals surface area contributed by atoms with Gasteiger partial charge in [0.1, 0.15) is 11.5 Å². The Labute approximate surface area is 123 Å². The maximum Gasteiger partial charge on any atom is 0.148 e. The molecule has 3 heterocycles. The average Bonchev–Trinajstić information content (AvgIpc) is 3.30. The first-order valence-electron chi connectivity index (χ1n) is 7.36. The normalized spacial score (nSPS) is 29.5. The van der Waals surface area contributed by atoms with Gasteiger partial charge in [-0.3, -0.25) is 0 Å². The summed E-state index contributed by atoms with van der Waals surface area (Å²) >= 11 is 0.